The van der Waals surface area contributed by atoms with Crippen molar-refractivity contribution in [2.75, 3.05) is 11.9 Å². The maximum atomic E-state index is 12.4. The third-order valence-corrected chi connectivity index (χ3v) is 2.73. The maximum Gasteiger partial charge on any atom is 0.416 e. The van der Waals surface area contributed by atoms with Gasteiger partial charge in [0.05, 0.1) is 5.56 Å². The fourth-order valence-electron chi connectivity index (χ4n) is 1.42. The highest BCUT2D eigenvalue weighted by Gasteiger charge is 2.37. The predicted molar refractivity (Wildman–Crippen MR) is 56.1 cm³/mol. The molecular weight excluding hydrogens is 217 g/mol. The first kappa shape index (κ1) is 11.3. The van der Waals surface area contributed by atoms with E-state index in [1.807, 2.05) is 0 Å². The number of hydrogen-bond donors (Lipinski definition) is 2. The summed E-state index contributed by atoms with van der Waals surface area (Å²) in [4.78, 5) is 0. The number of rotatable bonds is 3. The van der Waals surface area contributed by atoms with E-state index in [-0.39, 0.29) is 5.54 Å². The zero-order valence-electron chi connectivity index (χ0n) is 8.64. The summed E-state index contributed by atoms with van der Waals surface area (Å²) in [7, 11) is 0. The lowest BCUT2D eigenvalue weighted by Crippen LogP contribution is -2.31. The molecule has 0 aliphatic heterocycles. The molecule has 0 aromatic heterocycles. The van der Waals surface area contributed by atoms with Crippen LogP contribution in [-0.2, 0) is 6.18 Å². The molecule has 2 nitrogen and oxygen atoms in total. The zero-order valence-corrected chi connectivity index (χ0v) is 8.64. The van der Waals surface area contributed by atoms with Gasteiger partial charge in [-0.1, -0.05) is 6.07 Å². The number of nitrogens with one attached hydrogen (secondary N) is 1. The van der Waals surface area contributed by atoms with Gasteiger partial charge in [0.1, 0.15) is 0 Å². The van der Waals surface area contributed by atoms with Crippen molar-refractivity contribution in [1.29, 1.82) is 0 Å². The molecule has 1 aromatic carbocycles. The lowest BCUT2D eigenvalue weighted by Gasteiger charge is -2.13. The number of nitrogens with two attached hydrogens (primary N) is 1. The van der Waals surface area contributed by atoms with Crippen LogP contribution in [-0.4, -0.2) is 12.1 Å². The molecule has 1 fully saturated rings. The summed E-state index contributed by atoms with van der Waals surface area (Å²) >= 11 is 0. The first-order valence-corrected chi connectivity index (χ1v) is 5.09. The van der Waals surface area contributed by atoms with E-state index in [0.717, 1.165) is 25.0 Å². The van der Waals surface area contributed by atoms with Crippen molar-refractivity contribution in [1.82, 2.24) is 0 Å². The van der Waals surface area contributed by atoms with E-state index in [4.69, 9.17) is 5.73 Å². The second-order valence-electron chi connectivity index (χ2n) is 4.29. The average Bonchev–Trinajstić information content (AvgIpc) is 2.94. The molecule has 1 aliphatic carbocycles. The minimum atomic E-state index is -4.29. The van der Waals surface area contributed by atoms with Crippen LogP contribution in [0.15, 0.2) is 24.3 Å². The first-order valence-electron chi connectivity index (χ1n) is 5.09. The van der Waals surface area contributed by atoms with E-state index in [1.165, 1.54) is 6.07 Å². The third-order valence-electron chi connectivity index (χ3n) is 2.73. The van der Waals surface area contributed by atoms with Crippen LogP contribution in [0.1, 0.15) is 18.4 Å². The summed E-state index contributed by atoms with van der Waals surface area (Å²) in [5.41, 5.74) is 5.44. The first-order chi connectivity index (χ1) is 7.39. The highest BCUT2D eigenvalue weighted by atomic mass is 19.4. The Morgan fingerprint density at radius 2 is 2.00 bits per heavy atom. The summed E-state index contributed by atoms with van der Waals surface area (Å²) in [5, 5.41) is 2.93. The summed E-state index contributed by atoms with van der Waals surface area (Å²) in [6.07, 6.45) is -2.43. The van der Waals surface area contributed by atoms with Gasteiger partial charge >= 0.3 is 6.18 Å². The van der Waals surface area contributed by atoms with Crippen molar-refractivity contribution < 1.29 is 13.2 Å². The van der Waals surface area contributed by atoms with Gasteiger partial charge in [-0.25, -0.2) is 0 Å². The van der Waals surface area contributed by atoms with Gasteiger partial charge in [0.25, 0.3) is 0 Å². The Bertz CT molecular complexity index is 383. The van der Waals surface area contributed by atoms with Crippen molar-refractivity contribution >= 4 is 5.69 Å². The molecular formula is C11H13F3N2. The number of benzene rings is 1. The van der Waals surface area contributed by atoms with E-state index in [9.17, 15) is 13.2 Å². The van der Waals surface area contributed by atoms with Crippen molar-refractivity contribution in [3.8, 4) is 0 Å². The Morgan fingerprint density at radius 3 is 2.56 bits per heavy atom. The summed E-state index contributed by atoms with van der Waals surface area (Å²) in [6.45, 7) is 0.522. The monoisotopic (exact) mass is 230 g/mol. The lowest BCUT2D eigenvalue weighted by molar-refractivity contribution is -0.137. The molecule has 2 rings (SSSR count). The normalized spacial score (nSPS) is 18.2. The zero-order chi connectivity index (χ0) is 11.8. The Balaban J connectivity index is 2.04. The fraction of sp³-hybridized carbons (Fsp3) is 0.455. The highest BCUT2D eigenvalue weighted by molar-refractivity contribution is 5.47. The van der Waals surface area contributed by atoms with E-state index < -0.39 is 11.7 Å². The van der Waals surface area contributed by atoms with Crippen molar-refractivity contribution in [2.24, 2.45) is 5.73 Å². The van der Waals surface area contributed by atoms with Crippen molar-refractivity contribution in [3.63, 3.8) is 0 Å². The quantitative estimate of drug-likeness (QED) is 0.837. The molecule has 16 heavy (non-hydrogen) atoms. The standard InChI is InChI=1S/C11H13F3N2/c12-11(13,14)8-2-1-3-9(6-8)16-7-10(15)4-5-10/h1-3,6,16H,4-5,7,15H2. The van der Waals surface area contributed by atoms with Gasteiger partial charge in [-0.2, -0.15) is 13.2 Å². The summed E-state index contributed by atoms with van der Waals surface area (Å²) in [5.74, 6) is 0. The summed E-state index contributed by atoms with van der Waals surface area (Å²) in [6, 6.07) is 5.16. The maximum absolute atomic E-state index is 12.4. The van der Waals surface area contributed by atoms with Crippen LogP contribution in [0.25, 0.3) is 0 Å². The number of hydrogen-bond acceptors (Lipinski definition) is 2. The smallest absolute Gasteiger partial charge is 0.383 e. The molecule has 0 bridgehead atoms. The number of alkyl halides is 3. The molecule has 1 aromatic rings. The van der Waals surface area contributed by atoms with Gasteiger partial charge in [-0.3, -0.25) is 0 Å². The molecule has 5 heteroatoms. The fourth-order valence-corrected chi connectivity index (χ4v) is 1.42. The lowest BCUT2D eigenvalue weighted by atomic mass is 10.2. The van der Waals surface area contributed by atoms with Crippen molar-refractivity contribution in [2.45, 2.75) is 24.6 Å². The largest absolute Gasteiger partial charge is 0.416 e. The van der Waals surface area contributed by atoms with Crippen molar-refractivity contribution in [3.05, 3.63) is 29.8 Å². The topological polar surface area (TPSA) is 38.0 Å². The van der Waals surface area contributed by atoms with E-state index in [2.05, 4.69) is 5.32 Å². The highest BCUT2D eigenvalue weighted by Crippen LogP contribution is 2.33. The number of anilines is 1. The van der Waals surface area contributed by atoms with Crippen LogP contribution in [0, 0.1) is 0 Å². The molecule has 0 radical (unpaired) electrons. The van der Waals surface area contributed by atoms with Crippen LogP contribution >= 0.6 is 0 Å². The molecule has 88 valence electrons. The van der Waals surface area contributed by atoms with Gasteiger partial charge in [-0.05, 0) is 31.0 Å². The average molecular weight is 230 g/mol. The van der Waals surface area contributed by atoms with Crippen LogP contribution < -0.4 is 11.1 Å². The minimum absolute atomic E-state index is 0.214. The van der Waals surface area contributed by atoms with Gasteiger partial charge in [0, 0.05) is 17.8 Å². The molecule has 0 heterocycles. The van der Waals surface area contributed by atoms with Gasteiger partial charge in [-0.15, -0.1) is 0 Å². The van der Waals surface area contributed by atoms with Gasteiger partial charge in [0.15, 0.2) is 0 Å². The molecule has 3 N–H and O–H groups in total. The molecule has 0 saturated heterocycles. The van der Waals surface area contributed by atoms with Gasteiger partial charge in [0.2, 0.25) is 0 Å². The minimum Gasteiger partial charge on any atom is -0.383 e. The third kappa shape index (κ3) is 2.66. The Kier molecular flexibility index (Phi) is 2.58. The van der Waals surface area contributed by atoms with Crippen LogP contribution in [0.5, 0.6) is 0 Å². The second-order valence-corrected chi connectivity index (χ2v) is 4.29. The Hall–Kier alpha value is -1.23. The molecule has 1 saturated carbocycles. The van der Waals surface area contributed by atoms with E-state index >= 15 is 0 Å². The van der Waals surface area contributed by atoms with E-state index in [1.54, 1.807) is 6.07 Å². The Labute approximate surface area is 91.6 Å². The van der Waals surface area contributed by atoms with Crippen LogP contribution in [0.3, 0.4) is 0 Å². The molecule has 0 amide bonds. The second kappa shape index (κ2) is 3.66. The molecule has 0 unspecified atom stereocenters. The molecule has 0 atom stereocenters. The van der Waals surface area contributed by atoms with Crippen LogP contribution in [0.4, 0.5) is 18.9 Å². The van der Waals surface area contributed by atoms with Crippen LogP contribution in [0.2, 0.25) is 0 Å². The Morgan fingerprint density at radius 1 is 1.31 bits per heavy atom. The van der Waals surface area contributed by atoms with E-state index in [0.29, 0.717) is 12.2 Å². The molecule has 0 spiro atoms. The summed E-state index contributed by atoms with van der Waals surface area (Å²) < 4.78 is 37.2. The van der Waals surface area contributed by atoms with Gasteiger partial charge < -0.3 is 11.1 Å². The molecule has 1 aliphatic rings. The number of halogens is 3. The predicted octanol–water partition coefficient (Wildman–Crippen LogP) is 2.61. The SMILES string of the molecule is NC1(CNc2cccc(C(F)(F)F)c2)CC1.